The minimum absolute atomic E-state index is 0. The monoisotopic (exact) mass is 711 g/mol. The van der Waals surface area contributed by atoms with Gasteiger partial charge in [-0.15, -0.1) is 59.7 Å². The first-order valence-corrected chi connectivity index (χ1v) is 13.7. The normalized spacial score (nSPS) is 10.6. The predicted molar refractivity (Wildman–Crippen MR) is 165 cm³/mol. The number of hydrogen-bond donors (Lipinski definition) is 0. The molecule has 4 heteroatoms. The van der Waals surface area contributed by atoms with E-state index >= 15 is 0 Å². The van der Waals surface area contributed by atoms with E-state index in [-0.39, 0.29) is 20.1 Å². The minimum atomic E-state index is 0. The molecule has 0 amide bonds. The van der Waals surface area contributed by atoms with E-state index < -0.39 is 0 Å². The average Bonchev–Trinajstić information content (AvgIpc) is 3.37. The third-order valence-corrected chi connectivity index (χ3v) is 7.76. The number of pyridine rings is 2. The Hall–Kier alpha value is -3.95. The van der Waals surface area contributed by atoms with Gasteiger partial charge in [0.1, 0.15) is 0 Å². The summed E-state index contributed by atoms with van der Waals surface area (Å²) >= 11 is 1.82. The Morgan fingerprint density at radius 1 is 0.600 bits per heavy atom. The van der Waals surface area contributed by atoms with Gasteiger partial charge in [0.2, 0.25) is 0 Å². The van der Waals surface area contributed by atoms with Crippen LogP contribution in [0.25, 0.3) is 53.8 Å². The van der Waals surface area contributed by atoms with Crippen LogP contribution in [0.4, 0.5) is 0 Å². The third kappa shape index (κ3) is 5.95. The van der Waals surface area contributed by atoms with Gasteiger partial charge < -0.3 is 9.97 Å². The van der Waals surface area contributed by atoms with Gasteiger partial charge in [0, 0.05) is 37.2 Å². The van der Waals surface area contributed by atoms with Crippen LogP contribution in [0.5, 0.6) is 0 Å². The Balaban J connectivity index is 0.000000209. The summed E-state index contributed by atoms with van der Waals surface area (Å²) in [7, 11) is 0. The zero-order chi connectivity index (χ0) is 26.6. The van der Waals surface area contributed by atoms with Crippen molar-refractivity contribution in [3.63, 3.8) is 0 Å². The zero-order valence-electron chi connectivity index (χ0n) is 22.2. The van der Waals surface area contributed by atoms with Crippen LogP contribution >= 0.6 is 11.3 Å². The maximum Gasteiger partial charge on any atom is 0.0239 e. The van der Waals surface area contributed by atoms with Gasteiger partial charge in [-0.05, 0) is 64.6 Å². The van der Waals surface area contributed by atoms with Crippen molar-refractivity contribution >= 4 is 31.5 Å². The largest absolute Gasteiger partial charge is 0.305 e. The quantitative estimate of drug-likeness (QED) is 0.171. The Morgan fingerprint density at radius 2 is 1.38 bits per heavy atom. The van der Waals surface area contributed by atoms with E-state index in [1.807, 2.05) is 66.1 Å². The summed E-state index contributed by atoms with van der Waals surface area (Å²) in [6, 6.07) is 43.9. The van der Waals surface area contributed by atoms with E-state index in [4.69, 9.17) is 0 Å². The van der Waals surface area contributed by atoms with Crippen LogP contribution in [0.2, 0.25) is 0 Å². The fraction of sp³-hybridized carbons (Fsp3) is 0.0556. The van der Waals surface area contributed by atoms with Gasteiger partial charge in [0.15, 0.2) is 0 Å². The minimum Gasteiger partial charge on any atom is -0.305 e. The van der Waals surface area contributed by atoms with E-state index in [1.54, 1.807) is 6.20 Å². The van der Waals surface area contributed by atoms with E-state index in [0.717, 1.165) is 22.5 Å². The molecule has 3 heterocycles. The molecule has 0 atom stereocenters. The number of rotatable bonds is 3. The summed E-state index contributed by atoms with van der Waals surface area (Å²) < 4.78 is 2.56. The van der Waals surface area contributed by atoms with Crippen LogP contribution in [0.15, 0.2) is 122 Å². The second kappa shape index (κ2) is 12.5. The van der Waals surface area contributed by atoms with Crippen LogP contribution in [0.1, 0.15) is 11.1 Å². The molecule has 0 aliphatic heterocycles. The standard InChI is InChI=1S/C25H18NS.C11H8N.Ir/c1-16-12-17(2)14-19(13-16)18-10-11-26-23(15-18)22-8-5-7-21-20-6-3-4-9-24(20)27-25(21)22;1-2-6-10(7-3-1)11-8-4-5-9-12-11;/h3-7,9-15H,1-2H3;1-6,8-9H;/q2*-1;. The molecule has 0 fully saturated rings. The van der Waals surface area contributed by atoms with Crippen molar-refractivity contribution < 1.29 is 20.1 Å². The molecule has 0 spiro atoms. The van der Waals surface area contributed by atoms with Gasteiger partial charge in [-0.2, -0.15) is 11.3 Å². The van der Waals surface area contributed by atoms with E-state index in [1.165, 1.54) is 42.4 Å². The maximum atomic E-state index is 4.68. The summed E-state index contributed by atoms with van der Waals surface area (Å²) in [5.41, 5.74) is 9.06. The molecule has 197 valence electrons. The van der Waals surface area contributed by atoms with Crippen LogP contribution in [-0.2, 0) is 20.1 Å². The first kappa shape index (κ1) is 27.6. The number of fused-ring (bicyclic) bond motifs is 3. The predicted octanol–water partition coefficient (Wildman–Crippen LogP) is 9.75. The molecule has 0 aliphatic rings. The van der Waals surface area contributed by atoms with E-state index in [2.05, 4.69) is 96.6 Å². The van der Waals surface area contributed by atoms with Gasteiger partial charge in [-0.3, -0.25) is 0 Å². The molecule has 1 radical (unpaired) electrons. The van der Waals surface area contributed by atoms with Crippen molar-refractivity contribution in [2.45, 2.75) is 13.8 Å². The number of aromatic nitrogens is 2. The average molecular weight is 711 g/mol. The molecule has 4 aromatic carbocycles. The Labute approximate surface area is 252 Å². The summed E-state index contributed by atoms with van der Waals surface area (Å²) in [5, 5.41) is 2.58. The van der Waals surface area contributed by atoms with Crippen molar-refractivity contribution in [3.8, 4) is 33.6 Å². The van der Waals surface area contributed by atoms with Crippen LogP contribution in [0.3, 0.4) is 0 Å². The SMILES string of the molecule is Cc1cc(C)cc(-c2ccnc(-c3[c-]ccc4c3sc3ccccc34)c2)c1.[Ir].[c-]1ccccc1-c1ccccn1. The molecule has 2 nitrogen and oxygen atoms in total. The molecular formula is C36H26IrN2S-2. The molecule has 3 aromatic heterocycles. The molecule has 0 aliphatic carbocycles. The first-order valence-electron chi connectivity index (χ1n) is 12.9. The molecule has 40 heavy (non-hydrogen) atoms. The van der Waals surface area contributed by atoms with Crippen molar-refractivity contribution in [3.05, 3.63) is 145 Å². The Kier molecular flexibility index (Phi) is 8.62. The van der Waals surface area contributed by atoms with Gasteiger partial charge in [0.05, 0.1) is 0 Å². The third-order valence-electron chi connectivity index (χ3n) is 6.56. The smallest absolute Gasteiger partial charge is 0.0239 e. The van der Waals surface area contributed by atoms with Crippen LogP contribution in [0, 0.1) is 26.0 Å². The van der Waals surface area contributed by atoms with Crippen molar-refractivity contribution in [1.82, 2.24) is 9.97 Å². The van der Waals surface area contributed by atoms with Gasteiger partial charge in [-0.1, -0.05) is 71.1 Å². The Bertz CT molecular complexity index is 1820. The second-order valence-electron chi connectivity index (χ2n) is 9.49. The van der Waals surface area contributed by atoms with Crippen LogP contribution < -0.4 is 0 Å². The summed E-state index contributed by atoms with van der Waals surface area (Å²) in [6.07, 6.45) is 3.69. The number of hydrogen-bond acceptors (Lipinski definition) is 3. The molecule has 0 saturated heterocycles. The number of thiophene rings is 1. The fourth-order valence-electron chi connectivity index (χ4n) is 4.84. The molecule has 7 aromatic rings. The molecule has 0 N–H and O–H groups in total. The fourth-order valence-corrected chi connectivity index (χ4v) is 6.05. The van der Waals surface area contributed by atoms with E-state index in [9.17, 15) is 0 Å². The van der Waals surface area contributed by atoms with Gasteiger partial charge in [0.25, 0.3) is 0 Å². The van der Waals surface area contributed by atoms with Crippen molar-refractivity contribution in [2.24, 2.45) is 0 Å². The molecule has 0 bridgehead atoms. The topological polar surface area (TPSA) is 25.8 Å². The number of benzene rings is 4. The number of aryl methyl sites for hydroxylation is 2. The molecule has 0 unspecified atom stereocenters. The van der Waals surface area contributed by atoms with Crippen LogP contribution in [-0.4, -0.2) is 9.97 Å². The molecular weight excluding hydrogens is 685 g/mol. The van der Waals surface area contributed by atoms with Gasteiger partial charge in [-0.25, -0.2) is 0 Å². The molecule has 0 saturated carbocycles. The first-order chi connectivity index (χ1) is 19.2. The Morgan fingerprint density at radius 3 is 2.15 bits per heavy atom. The number of nitrogens with zero attached hydrogens (tertiary/aromatic N) is 2. The molecule has 7 rings (SSSR count). The van der Waals surface area contributed by atoms with E-state index in [0.29, 0.717) is 0 Å². The summed E-state index contributed by atoms with van der Waals surface area (Å²) in [5.74, 6) is 0. The van der Waals surface area contributed by atoms with Crippen molar-refractivity contribution in [1.29, 1.82) is 0 Å². The second-order valence-corrected chi connectivity index (χ2v) is 10.5. The summed E-state index contributed by atoms with van der Waals surface area (Å²) in [4.78, 5) is 8.89. The van der Waals surface area contributed by atoms with Gasteiger partial charge >= 0.3 is 0 Å². The maximum absolute atomic E-state index is 4.68. The van der Waals surface area contributed by atoms with Crippen molar-refractivity contribution in [2.75, 3.05) is 0 Å². The summed E-state index contributed by atoms with van der Waals surface area (Å²) in [6.45, 7) is 4.29. The zero-order valence-corrected chi connectivity index (χ0v) is 25.4.